The summed E-state index contributed by atoms with van der Waals surface area (Å²) < 4.78 is 0. The molecule has 2 aliphatic rings. The Morgan fingerprint density at radius 2 is 0.810 bits per heavy atom. The second-order valence-corrected chi connectivity index (χ2v) is 20.9. The smallest absolute Gasteiger partial charge is 0.0737 e. The van der Waals surface area contributed by atoms with E-state index >= 15 is 0 Å². The van der Waals surface area contributed by atoms with Gasteiger partial charge < -0.3 is 9.97 Å². The van der Waals surface area contributed by atoms with Gasteiger partial charge in [0.15, 0.2) is 0 Å². The Kier molecular flexibility index (Phi) is 10.9. The van der Waals surface area contributed by atoms with Crippen LogP contribution in [-0.4, -0.2) is 19.9 Å². The quantitative estimate of drug-likeness (QED) is 0.159. The maximum Gasteiger partial charge on any atom is 0.0737 e. The molecule has 0 amide bonds. The van der Waals surface area contributed by atoms with Gasteiger partial charge >= 0.3 is 0 Å². The first-order chi connectivity index (χ1) is 27.2. The van der Waals surface area contributed by atoms with E-state index in [1.54, 1.807) is 0 Å². The van der Waals surface area contributed by atoms with E-state index in [1.165, 1.54) is 58.2 Å². The molecular formula is C54H66N4. The Morgan fingerprint density at radius 1 is 0.431 bits per heavy atom. The molecule has 7 rings (SSSR count). The van der Waals surface area contributed by atoms with Crippen LogP contribution in [0.3, 0.4) is 0 Å². The molecule has 0 saturated carbocycles. The standard InChI is InChI=1S/C54H66N4/c1-14-15-16-17-18-42-43-23-25-47(57-43)49(34-27-36(51(2,3)4)31-37(28-34)52(5,6)7)45-21-19-40(55-45)33-41-20-22-46(56-41)50(48-26-24-44(42)58-48)35-29-38(53(8,9)10)32-39(30-35)54(11,12)13/h19-33,55-56H,14-18H2,1-13H3. The molecule has 2 aromatic carbocycles. The molecule has 8 bridgehead atoms. The fourth-order valence-corrected chi connectivity index (χ4v) is 8.06. The summed E-state index contributed by atoms with van der Waals surface area (Å²) in [6.07, 6.45) is 14.6. The van der Waals surface area contributed by atoms with Crippen molar-refractivity contribution in [2.75, 3.05) is 0 Å². The number of hydrogen-bond donors (Lipinski definition) is 2. The molecular weight excluding hydrogens is 705 g/mol. The molecule has 0 fully saturated rings. The molecule has 0 spiro atoms. The summed E-state index contributed by atoms with van der Waals surface area (Å²) in [4.78, 5) is 18.7. The monoisotopic (exact) mass is 771 g/mol. The summed E-state index contributed by atoms with van der Waals surface area (Å²) in [5.74, 6) is 0. The molecule has 5 heterocycles. The molecule has 4 nitrogen and oxygen atoms in total. The number of nitrogens with one attached hydrogen (secondary N) is 2. The third-order valence-corrected chi connectivity index (χ3v) is 11.9. The maximum atomic E-state index is 5.54. The average Bonchev–Trinajstić information content (AvgIpc) is 3.97. The highest BCUT2D eigenvalue weighted by molar-refractivity contribution is 5.94. The maximum absolute atomic E-state index is 5.54. The van der Waals surface area contributed by atoms with Crippen LogP contribution in [0.5, 0.6) is 0 Å². The van der Waals surface area contributed by atoms with Gasteiger partial charge in [-0.15, -0.1) is 0 Å². The first kappa shape index (κ1) is 41.2. The van der Waals surface area contributed by atoms with Crippen molar-refractivity contribution in [2.45, 2.75) is 144 Å². The summed E-state index contributed by atoms with van der Waals surface area (Å²) in [5, 5.41) is 0. The van der Waals surface area contributed by atoms with Gasteiger partial charge in [-0.2, -0.15) is 0 Å². The highest BCUT2D eigenvalue weighted by atomic mass is 14.8. The van der Waals surface area contributed by atoms with Gasteiger partial charge in [0, 0.05) is 38.8 Å². The molecule has 3 aromatic heterocycles. The molecule has 2 aliphatic heterocycles. The normalized spacial score (nSPS) is 13.5. The van der Waals surface area contributed by atoms with Crippen molar-refractivity contribution in [3.05, 3.63) is 117 Å². The summed E-state index contributed by atoms with van der Waals surface area (Å²) in [6, 6.07) is 25.4. The lowest BCUT2D eigenvalue weighted by Gasteiger charge is -2.26. The van der Waals surface area contributed by atoms with E-state index in [0.717, 1.165) is 68.8 Å². The van der Waals surface area contributed by atoms with Gasteiger partial charge in [0.1, 0.15) is 0 Å². The summed E-state index contributed by atoms with van der Waals surface area (Å²) in [6.45, 7) is 30.0. The van der Waals surface area contributed by atoms with Crippen LogP contribution >= 0.6 is 0 Å². The van der Waals surface area contributed by atoms with Crippen LogP contribution in [0.2, 0.25) is 0 Å². The van der Waals surface area contributed by atoms with E-state index in [-0.39, 0.29) is 21.7 Å². The van der Waals surface area contributed by atoms with Gasteiger partial charge in [0.25, 0.3) is 0 Å². The molecule has 0 atom stereocenters. The Hall–Kier alpha value is -4.96. The van der Waals surface area contributed by atoms with Crippen molar-refractivity contribution in [1.82, 2.24) is 19.9 Å². The number of rotatable bonds is 7. The van der Waals surface area contributed by atoms with Gasteiger partial charge in [-0.3, -0.25) is 0 Å². The predicted molar refractivity (Wildman–Crippen MR) is 252 cm³/mol. The second kappa shape index (κ2) is 15.3. The van der Waals surface area contributed by atoms with Crippen molar-refractivity contribution >= 4 is 46.4 Å². The van der Waals surface area contributed by atoms with Gasteiger partial charge in [0.05, 0.1) is 22.8 Å². The third kappa shape index (κ3) is 8.72. The number of H-pyrrole nitrogens is 2. The zero-order valence-electron chi connectivity index (χ0n) is 37.6. The number of fused-ring (bicyclic) bond motifs is 8. The Morgan fingerprint density at radius 3 is 1.17 bits per heavy atom. The molecule has 4 heteroatoms. The van der Waals surface area contributed by atoms with Crippen LogP contribution in [0.1, 0.15) is 166 Å². The lowest BCUT2D eigenvalue weighted by atomic mass is 9.78. The lowest BCUT2D eigenvalue weighted by molar-refractivity contribution is 0.568. The Labute approximate surface area is 348 Å². The minimum atomic E-state index is -0.0155. The topological polar surface area (TPSA) is 57.4 Å². The SMILES string of the molecule is CCCCCCc1c2nc(c(-c3cc(C(C)(C)C)cc(C(C)(C)C)c3)c3ccc(cc4ccc([nH]4)c(-c4cc(C(C)(C)C)cc(C(C)(C)C)c4)c4nc1C=C4)[nH]3)C=C2. The average molecular weight is 771 g/mol. The van der Waals surface area contributed by atoms with E-state index in [2.05, 4.69) is 191 Å². The highest BCUT2D eigenvalue weighted by Gasteiger charge is 2.25. The molecule has 0 unspecified atom stereocenters. The van der Waals surface area contributed by atoms with Crippen LogP contribution < -0.4 is 0 Å². The first-order valence-electron chi connectivity index (χ1n) is 21.6. The van der Waals surface area contributed by atoms with Crippen LogP contribution in [0, 0.1) is 0 Å². The molecule has 0 radical (unpaired) electrons. The zero-order chi connectivity index (χ0) is 41.8. The summed E-state index contributed by atoms with van der Waals surface area (Å²) in [7, 11) is 0. The lowest BCUT2D eigenvalue weighted by Crippen LogP contribution is -2.16. The van der Waals surface area contributed by atoms with E-state index in [4.69, 9.17) is 9.97 Å². The van der Waals surface area contributed by atoms with Crippen molar-refractivity contribution in [1.29, 1.82) is 0 Å². The highest BCUT2D eigenvalue weighted by Crippen LogP contribution is 2.40. The van der Waals surface area contributed by atoms with Crippen molar-refractivity contribution in [3.63, 3.8) is 0 Å². The van der Waals surface area contributed by atoms with Crippen molar-refractivity contribution in [3.8, 4) is 22.3 Å². The van der Waals surface area contributed by atoms with Crippen molar-refractivity contribution < 1.29 is 0 Å². The van der Waals surface area contributed by atoms with Gasteiger partial charge in [-0.05, 0) is 123 Å². The first-order valence-corrected chi connectivity index (χ1v) is 21.6. The third-order valence-electron chi connectivity index (χ3n) is 11.9. The van der Waals surface area contributed by atoms with Gasteiger partial charge in [0.2, 0.25) is 0 Å². The van der Waals surface area contributed by atoms with E-state index in [9.17, 15) is 0 Å². The van der Waals surface area contributed by atoms with E-state index in [1.807, 2.05) is 0 Å². The van der Waals surface area contributed by atoms with Crippen molar-refractivity contribution in [2.24, 2.45) is 0 Å². The van der Waals surface area contributed by atoms with E-state index in [0.29, 0.717) is 0 Å². The van der Waals surface area contributed by atoms with Crippen LogP contribution in [0.15, 0.2) is 66.7 Å². The molecule has 0 saturated heterocycles. The molecule has 0 aliphatic carbocycles. The minimum Gasteiger partial charge on any atom is -0.355 e. The Bertz CT molecular complexity index is 2340. The number of unbranched alkanes of at least 4 members (excludes halogenated alkanes) is 3. The Balaban J connectivity index is 1.59. The largest absolute Gasteiger partial charge is 0.355 e. The fraction of sp³-hybridized carbons (Fsp3) is 0.407. The van der Waals surface area contributed by atoms with Crippen LogP contribution in [-0.2, 0) is 28.1 Å². The second-order valence-electron chi connectivity index (χ2n) is 20.9. The summed E-state index contributed by atoms with van der Waals surface area (Å²) >= 11 is 0. The number of benzene rings is 2. The number of aromatic nitrogens is 4. The molecule has 2 N–H and O–H groups in total. The minimum absolute atomic E-state index is 0.0155. The molecule has 58 heavy (non-hydrogen) atoms. The van der Waals surface area contributed by atoms with Crippen LogP contribution in [0.4, 0.5) is 0 Å². The molecule has 5 aromatic rings. The number of nitrogens with zero attached hydrogens (tertiary/aromatic N) is 2. The molecule has 302 valence electrons. The fourth-order valence-electron chi connectivity index (χ4n) is 8.06. The number of aromatic amines is 2. The number of hydrogen-bond acceptors (Lipinski definition) is 2. The van der Waals surface area contributed by atoms with Crippen LogP contribution in [0.25, 0.3) is 68.6 Å². The summed E-state index contributed by atoms with van der Waals surface area (Å²) in [5.41, 5.74) is 19.2. The zero-order valence-corrected chi connectivity index (χ0v) is 37.6. The van der Waals surface area contributed by atoms with Gasteiger partial charge in [-0.25, -0.2) is 9.97 Å². The van der Waals surface area contributed by atoms with Gasteiger partial charge in [-0.1, -0.05) is 146 Å². The van der Waals surface area contributed by atoms with E-state index < -0.39 is 0 Å². The predicted octanol–water partition coefficient (Wildman–Crippen LogP) is 15.3.